The van der Waals surface area contributed by atoms with Crippen LogP contribution >= 0.6 is 0 Å². The highest BCUT2D eigenvalue weighted by Gasteiger charge is 2.43. The van der Waals surface area contributed by atoms with Gasteiger partial charge in [-0.1, -0.05) is 39.0 Å². The molecule has 0 radical (unpaired) electrons. The van der Waals surface area contributed by atoms with Gasteiger partial charge in [-0.05, 0) is 37.5 Å². The van der Waals surface area contributed by atoms with E-state index in [1.54, 1.807) is 0 Å². The molecule has 3 fully saturated rings. The van der Waals surface area contributed by atoms with E-state index in [-0.39, 0.29) is 5.91 Å². The summed E-state index contributed by atoms with van der Waals surface area (Å²) in [7, 11) is 1.88. The second kappa shape index (κ2) is 10.3. The molecule has 2 aliphatic carbocycles. The minimum atomic E-state index is 0.156. The van der Waals surface area contributed by atoms with Gasteiger partial charge in [0.05, 0.1) is 6.54 Å². The zero-order valence-electron chi connectivity index (χ0n) is 17.3. The van der Waals surface area contributed by atoms with Crippen LogP contribution in [0.25, 0.3) is 0 Å². The maximum absolute atomic E-state index is 11.9. The lowest BCUT2D eigenvalue weighted by molar-refractivity contribution is -0.122. The summed E-state index contributed by atoms with van der Waals surface area (Å²) in [6.45, 7) is 5.34. The number of likely N-dealkylation sites (tertiary alicyclic amines) is 1. The first-order valence-corrected chi connectivity index (χ1v) is 11.2. The molecule has 1 heterocycles. The van der Waals surface area contributed by atoms with E-state index in [2.05, 4.69) is 32.8 Å². The molecule has 2 saturated carbocycles. The number of amides is 1. The molecule has 6 nitrogen and oxygen atoms in total. The van der Waals surface area contributed by atoms with Gasteiger partial charge < -0.3 is 16.0 Å². The first kappa shape index (κ1) is 20.4. The largest absolute Gasteiger partial charge is 0.355 e. The highest BCUT2D eigenvalue weighted by Crippen LogP contribution is 2.44. The molecule has 0 aromatic heterocycles. The summed E-state index contributed by atoms with van der Waals surface area (Å²) >= 11 is 0. The van der Waals surface area contributed by atoms with Crippen molar-refractivity contribution in [2.24, 2.45) is 16.8 Å². The number of carbonyl (C=O) groups is 1. The third-order valence-electron chi connectivity index (χ3n) is 6.51. The second-order valence-electron chi connectivity index (χ2n) is 8.67. The number of aliphatic imine (C=N–C) groups is 1. The van der Waals surface area contributed by atoms with Crippen LogP contribution in [0.5, 0.6) is 0 Å². The molecule has 0 aromatic rings. The van der Waals surface area contributed by atoms with Crippen LogP contribution in [0, 0.1) is 11.8 Å². The highest BCUT2D eigenvalue weighted by molar-refractivity contribution is 5.80. The van der Waals surface area contributed by atoms with Gasteiger partial charge in [0, 0.05) is 38.8 Å². The molecule has 3 aliphatic rings. The Labute approximate surface area is 164 Å². The van der Waals surface area contributed by atoms with E-state index >= 15 is 0 Å². The quantitative estimate of drug-likeness (QED) is 0.469. The number of carbonyl (C=O) groups excluding carboxylic acids is 1. The summed E-state index contributed by atoms with van der Waals surface area (Å²) in [5.74, 6) is 2.93. The Morgan fingerprint density at radius 1 is 1.07 bits per heavy atom. The van der Waals surface area contributed by atoms with E-state index in [9.17, 15) is 4.79 Å². The van der Waals surface area contributed by atoms with E-state index in [0.29, 0.717) is 18.6 Å². The first-order valence-electron chi connectivity index (χ1n) is 11.2. The molecular weight excluding hydrogens is 338 g/mol. The van der Waals surface area contributed by atoms with Gasteiger partial charge in [0.1, 0.15) is 0 Å². The Morgan fingerprint density at radius 3 is 2.48 bits per heavy atom. The fraction of sp³-hybridized carbons (Fsp3) is 0.905. The fourth-order valence-corrected chi connectivity index (χ4v) is 4.76. The van der Waals surface area contributed by atoms with Crippen molar-refractivity contribution < 1.29 is 4.79 Å². The predicted octanol–water partition coefficient (Wildman–Crippen LogP) is 2.11. The third kappa shape index (κ3) is 6.37. The Hall–Kier alpha value is -1.30. The highest BCUT2D eigenvalue weighted by atomic mass is 16.2. The lowest BCUT2D eigenvalue weighted by Gasteiger charge is -2.32. The van der Waals surface area contributed by atoms with E-state index < -0.39 is 0 Å². The van der Waals surface area contributed by atoms with Crippen LogP contribution in [-0.2, 0) is 4.79 Å². The van der Waals surface area contributed by atoms with Crippen LogP contribution in [-0.4, -0.2) is 62.1 Å². The molecule has 2 unspecified atom stereocenters. The molecule has 3 rings (SSSR count). The average molecular weight is 378 g/mol. The van der Waals surface area contributed by atoms with Gasteiger partial charge in [-0.15, -0.1) is 0 Å². The van der Waals surface area contributed by atoms with E-state index in [0.717, 1.165) is 56.7 Å². The van der Waals surface area contributed by atoms with Crippen molar-refractivity contribution in [2.45, 2.75) is 76.8 Å². The number of hydrogen-bond donors (Lipinski definition) is 3. The molecule has 1 aliphatic heterocycles. The number of rotatable bonds is 7. The second-order valence-corrected chi connectivity index (χ2v) is 8.67. The Bertz CT molecular complexity index is 495. The number of nitrogens with zero attached hydrogens (tertiary/aromatic N) is 2. The van der Waals surface area contributed by atoms with Crippen molar-refractivity contribution in [3.63, 3.8) is 0 Å². The van der Waals surface area contributed by atoms with Gasteiger partial charge >= 0.3 is 0 Å². The summed E-state index contributed by atoms with van der Waals surface area (Å²) in [5, 5.41) is 10.2. The SMILES string of the molecule is CCCNC(=O)CN1CCC(NC(=NC)NC2CC2C2CCCCC2)CC1. The lowest BCUT2D eigenvalue weighted by atomic mass is 9.85. The summed E-state index contributed by atoms with van der Waals surface area (Å²) in [6.07, 6.45) is 11.6. The van der Waals surface area contributed by atoms with E-state index in [1.807, 2.05) is 7.05 Å². The smallest absolute Gasteiger partial charge is 0.234 e. The van der Waals surface area contributed by atoms with E-state index in [1.165, 1.54) is 38.5 Å². The van der Waals surface area contributed by atoms with Gasteiger partial charge in [0.2, 0.25) is 5.91 Å². The summed E-state index contributed by atoms with van der Waals surface area (Å²) in [6, 6.07) is 1.08. The lowest BCUT2D eigenvalue weighted by Crippen LogP contribution is -2.50. The molecule has 0 aromatic carbocycles. The summed E-state index contributed by atoms with van der Waals surface area (Å²) in [5.41, 5.74) is 0. The summed E-state index contributed by atoms with van der Waals surface area (Å²) in [4.78, 5) is 18.6. The predicted molar refractivity (Wildman–Crippen MR) is 111 cm³/mol. The van der Waals surface area contributed by atoms with Crippen molar-refractivity contribution in [3.8, 4) is 0 Å². The molecular formula is C21H39N5O. The standard InChI is InChI=1S/C21H39N5O/c1-3-11-23-20(27)15-26-12-9-17(10-13-26)24-21(22-2)25-19-14-18(19)16-7-5-4-6-8-16/h16-19H,3-15H2,1-2H3,(H,23,27)(H2,22,24,25). The van der Waals surface area contributed by atoms with Gasteiger partial charge in [-0.25, -0.2) is 0 Å². The topological polar surface area (TPSA) is 68.8 Å². The van der Waals surface area contributed by atoms with Crippen LogP contribution in [0.4, 0.5) is 0 Å². The maximum Gasteiger partial charge on any atom is 0.234 e. The molecule has 1 amide bonds. The molecule has 0 spiro atoms. The molecule has 0 bridgehead atoms. The first-order chi connectivity index (χ1) is 13.2. The van der Waals surface area contributed by atoms with Crippen LogP contribution in [0.15, 0.2) is 4.99 Å². The molecule has 1 saturated heterocycles. The normalized spacial score (nSPS) is 28.0. The monoisotopic (exact) mass is 377 g/mol. The number of nitrogens with one attached hydrogen (secondary N) is 3. The van der Waals surface area contributed by atoms with Crippen LogP contribution in [0.1, 0.15) is 64.7 Å². The Kier molecular flexibility index (Phi) is 7.80. The minimum Gasteiger partial charge on any atom is -0.355 e. The van der Waals surface area contributed by atoms with Gasteiger partial charge in [-0.3, -0.25) is 14.7 Å². The van der Waals surface area contributed by atoms with Gasteiger partial charge in [0.15, 0.2) is 5.96 Å². The van der Waals surface area contributed by atoms with Crippen molar-refractivity contribution >= 4 is 11.9 Å². The molecule has 2 atom stereocenters. The van der Waals surface area contributed by atoms with Gasteiger partial charge in [-0.2, -0.15) is 0 Å². The van der Waals surface area contributed by atoms with Crippen molar-refractivity contribution in [2.75, 3.05) is 33.2 Å². The molecule has 6 heteroatoms. The van der Waals surface area contributed by atoms with Crippen molar-refractivity contribution in [1.82, 2.24) is 20.9 Å². The van der Waals surface area contributed by atoms with Crippen LogP contribution in [0.2, 0.25) is 0 Å². The van der Waals surface area contributed by atoms with Crippen LogP contribution in [0.3, 0.4) is 0 Å². The minimum absolute atomic E-state index is 0.156. The van der Waals surface area contributed by atoms with Gasteiger partial charge in [0.25, 0.3) is 0 Å². The van der Waals surface area contributed by atoms with Crippen molar-refractivity contribution in [1.29, 1.82) is 0 Å². The van der Waals surface area contributed by atoms with Crippen molar-refractivity contribution in [3.05, 3.63) is 0 Å². The fourth-order valence-electron chi connectivity index (χ4n) is 4.76. The van der Waals surface area contributed by atoms with E-state index in [4.69, 9.17) is 0 Å². The molecule has 27 heavy (non-hydrogen) atoms. The maximum atomic E-state index is 11.9. The average Bonchev–Trinajstić information content (AvgIpc) is 3.47. The molecule has 3 N–H and O–H groups in total. The summed E-state index contributed by atoms with van der Waals surface area (Å²) < 4.78 is 0. The number of guanidine groups is 1. The number of hydrogen-bond acceptors (Lipinski definition) is 3. The third-order valence-corrected chi connectivity index (χ3v) is 6.51. The number of piperidine rings is 1. The molecule has 154 valence electrons. The van der Waals surface area contributed by atoms with Crippen LogP contribution < -0.4 is 16.0 Å². The zero-order chi connectivity index (χ0) is 19.1. The zero-order valence-corrected chi connectivity index (χ0v) is 17.3. The Morgan fingerprint density at radius 2 is 1.81 bits per heavy atom. The Balaban J connectivity index is 1.33.